The summed E-state index contributed by atoms with van der Waals surface area (Å²) in [4.78, 5) is 31.5. The van der Waals surface area contributed by atoms with Gasteiger partial charge in [0, 0.05) is 31.7 Å². The number of hydrogen-bond acceptors (Lipinski definition) is 5. The molecule has 1 saturated heterocycles. The van der Waals surface area contributed by atoms with Crippen molar-refractivity contribution in [2.45, 2.75) is 19.9 Å². The number of piperidine rings is 1. The molecule has 1 unspecified atom stereocenters. The van der Waals surface area contributed by atoms with Crippen molar-refractivity contribution in [3.63, 3.8) is 0 Å². The van der Waals surface area contributed by atoms with Crippen LogP contribution < -0.4 is 16.2 Å². The number of benzene rings is 1. The van der Waals surface area contributed by atoms with Gasteiger partial charge in [0.25, 0.3) is 5.56 Å². The van der Waals surface area contributed by atoms with E-state index in [1.54, 1.807) is 23.7 Å². The smallest absolute Gasteiger partial charge is 0.262 e. The second-order valence-corrected chi connectivity index (χ2v) is 6.85. The highest BCUT2D eigenvalue weighted by Crippen LogP contribution is 2.44. The Bertz CT molecular complexity index is 890. The first-order valence-electron chi connectivity index (χ1n) is 7.91. The van der Waals surface area contributed by atoms with Crippen LogP contribution in [0.3, 0.4) is 0 Å². The molecule has 0 bridgehead atoms. The number of nitrogens with two attached hydrogens (primary N) is 1. The summed E-state index contributed by atoms with van der Waals surface area (Å²) in [6, 6.07) is 3.90. The van der Waals surface area contributed by atoms with Gasteiger partial charge in [-0.05, 0) is 43.4 Å². The monoisotopic (exact) mass is 312 g/mol. The van der Waals surface area contributed by atoms with Crippen LogP contribution in [-0.4, -0.2) is 34.5 Å². The normalized spacial score (nSPS) is 25.7. The third-order valence-electron chi connectivity index (χ3n) is 5.22. The Hall–Kier alpha value is -2.21. The van der Waals surface area contributed by atoms with E-state index in [4.69, 9.17) is 5.73 Å². The molecule has 1 aliphatic carbocycles. The molecule has 6 nitrogen and oxygen atoms in total. The van der Waals surface area contributed by atoms with Gasteiger partial charge in [0.2, 0.25) is 5.95 Å². The van der Waals surface area contributed by atoms with Gasteiger partial charge in [0.1, 0.15) is 0 Å². The van der Waals surface area contributed by atoms with Gasteiger partial charge in [0.05, 0.1) is 10.9 Å². The van der Waals surface area contributed by atoms with Crippen LogP contribution in [0.15, 0.2) is 16.9 Å². The maximum absolute atomic E-state index is 12.8. The van der Waals surface area contributed by atoms with Gasteiger partial charge >= 0.3 is 0 Å². The summed E-state index contributed by atoms with van der Waals surface area (Å²) in [6.45, 7) is 5.06. The number of ketones is 1. The van der Waals surface area contributed by atoms with E-state index in [1.165, 1.54) is 6.92 Å². The zero-order chi connectivity index (χ0) is 16.5. The Morgan fingerprint density at radius 1 is 1.30 bits per heavy atom. The molecule has 0 radical (unpaired) electrons. The maximum Gasteiger partial charge on any atom is 0.262 e. The van der Waals surface area contributed by atoms with Crippen molar-refractivity contribution in [3.8, 4) is 0 Å². The van der Waals surface area contributed by atoms with Crippen molar-refractivity contribution in [2.75, 3.05) is 18.0 Å². The summed E-state index contributed by atoms with van der Waals surface area (Å²) in [5.74, 6) is 1.57. The van der Waals surface area contributed by atoms with Gasteiger partial charge < -0.3 is 10.6 Å². The zero-order valence-corrected chi connectivity index (χ0v) is 13.5. The molecule has 6 heteroatoms. The van der Waals surface area contributed by atoms with Gasteiger partial charge in [0.15, 0.2) is 5.78 Å². The molecular weight excluding hydrogens is 292 g/mol. The van der Waals surface area contributed by atoms with Crippen molar-refractivity contribution < 1.29 is 4.79 Å². The van der Waals surface area contributed by atoms with Gasteiger partial charge in [-0.1, -0.05) is 0 Å². The molecule has 2 heterocycles. The highest BCUT2D eigenvalue weighted by molar-refractivity contribution is 6.05. The molecule has 0 spiro atoms. The number of fused-ring (bicyclic) bond motifs is 2. The van der Waals surface area contributed by atoms with Crippen LogP contribution in [0.2, 0.25) is 0 Å². The van der Waals surface area contributed by atoms with Gasteiger partial charge in [-0.2, -0.15) is 0 Å². The number of aryl methyl sites for hydroxylation is 1. The first kappa shape index (κ1) is 14.4. The SMILES string of the molecule is CC(=O)c1cc(C)cc2c(=O)n(C)c(N3C[C@@H]4C(N)[C@@H]4C3)nc12. The molecule has 2 aliphatic rings. The average Bonchev–Trinajstić information content (AvgIpc) is 2.93. The van der Waals surface area contributed by atoms with Crippen molar-refractivity contribution in [3.05, 3.63) is 33.6 Å². The number of Topliss-reactive ketones (excluding diaryl/α,β-unsaturated/α-hetero) is 1. The van der Waals surface area contributed by atoms with Crippen LogP contribution in [-0.2, 0) is 7.05 Å². The Kier molecular flexibility index (Phi) is 2.90. The summed E-state index contributed by atoms with van der Waals surface area (Å²) in [5.41, 5.74) is 7.79. The molecule has 2 aromatic rings. The molecule has 2 N–H and O–H groups in total. The number of aromatic nitrogens is 2. The molecular formula is C17H20N4O2. The lowest BCUT2D eigenvalue weighted by atomic mass is 10.0. The molecule has 4 rings (SSSR count). The second-order valence-electron chi connectivity index (χ2n) is 6.85. The Morgan fingerprint density at radius 3 is 2.57 bits per heavy atom. The van der Waals surface area contributed by atoms with E-state index in [0.29, 0.717) is 40.3 Å². The van der Waals surface area contributed by atoms with Crippen molar-refractivity contribution in [2.24, 2.45) is 24.6 Å². The summed E-state index contributed by atoms with van der Waals surface area (Å²) in [5, 5.41) is 0.502. The number of carbonyl (C=O) groups is 1. The molecule has 1 saturated carbocycles. The van der Waals surface area contributed by atoms with Crippen LogP contribution in [0.4, 0.5) is 5.95 Å². The molecule has 2 fully saturated rings. The minimum absolute atomic E-state index is 0.0725. The number of hydrogen-bond donors (Lipinski definition) is 1. The minimum Gasteiger partial charge on any atom is -0.341 e. The van der Waals surface area contributed by atoms with Gasteiger partial charge in [-0.3, -0.25) is 14.2 Å². The third kappa shape index (κ3) is 2.01. The molecule has 3 atom stereocenters. The van der Waals surface area contributed by atoms with Crippen LogP contribution in [0.5, 0.6) is 0 Å². The van der Waals surface area contributed by atoms with E-state index in [-0.39, 0.29) is 11.3 Å². The lowest BCUT2D eigenvalue weighted by Crippen LogP contribution is -2.34. The lowest BCUT2D eigenvalue weighted by molar-refractivity contribution is 0.101. The van der Waals surface area contributed by atoms with Gasteiger partial charge in [-0.25, -0.2) is 4.98 Å². The topological polar surface area (TPSA) is 81.2 Å². The largest absolute Gasteiger partial charge is 0.341 e. The first-order valence-corrected chi connectivity index (χ1v) is 7.91. The highest BCUT2D eigenvalue weighted by atomic mass is 16.1. The van der Waals surface area contributed by atoms with Crippen molar-refractivity contribution in [1.29, 1.82) is 0 Å². The quantitative estimate of drug-likeness (QED) is 0.831. The third-order valence-corrected chi connectivity index (χ3v) is 5.22. The van der Waals surface area contributed by atoms with E-state index < -0.39 is 0 Å². The van der Waals surface area contributed by atoms with E-state index >= 15 is 0 Å². The fraction of sp³-hybridized carbons (Fsp3) is 0.471. The minimum atomic E-state index is -0.110. The molecule has 23 heavy (non-hydrogen) atoms. The molecule has 0 amide bonds. The van der Waals surface area contributed by atoms with Crippen LogP contribution in [0.25, 0.3) is 10.9 Å². The molecule has 1 aromatic carbocycles. The van der Waals surface area contributed by atoms with Crippen LogP contribution in [0.1, 0.15) is 22.8 Å². The van der Waals surface area contributed by atoms with E-state index in [2.05, 4.69) is 9.88 Å². The van der Waals surface area contributed by atoms with Crippen molar-refractivity contribution >= 4 is 22.6 Å². The fourth-order valence-corrected chi connectivity index (χ4v) is 3.80. The fourth-order valence-electron chi connectivity index (χ4n) is 3.80. The maximum atomic E-state index is 12.8. The predicted octanol–water partition coefficient (Wildman–Crippen LogP) is 0.838. The summed E-state index contributed by atoms with van der Waals surface area (Å²) >= 11 is 0. The van der Waals surface area contributed by atoms with Crippen molar-refractivity contribution in [1.82, 2.24) is 9.55 Å². The first-order chi connectivity index (χ1) is 10.9. The summed E-state index contributed by atoms with van der Waals surface area (Å²) in [7, 11) is 1.74. The Labute approximate surface area is 133 Å². The molecule has 1 aliphatic heterocycles. The summed E-state index contributed by atoms with van der Waals surface area (Å²) < 4.78 is 1.59. The highest BCUT2D eigenvalue weighted by Gasteiger charge is 2.54. The van der Waals surface area contributed by atoms with Crippen LogP contribution in [0, 0.1) is 18.8 Å². The number of rotatable bonds is 2. The number of carbonyl (C=O) groups excluding carboxylic acids is 1. The lowest BCUT2D eigenvalue weighted by Gasteiger charge is -2.23. The Morgan fingerprint density at radius 2 is 1.96 bits per heavy atom. The van der Waals surface area contributed by atoms with E-state index in [9.17, 15) is 9.59 Å². The second kappa shape index (κ2) is 4.64. The van der Waals surface area contributed by atoms with E-state index in [1.807, 2.05) is 6.92 Å². The predicted molar refractivity (Wildman–Crippen MR) is 88.9 cm³/mol. The average molecular weight is 312 g/mol. The number of nitrogens with zero attached hydrogens (tertiary/aromatic N) is 3. The summed E-state index contributed by atoms with van der Waals surface area (Å²) in [6.07, 6.45) is 0. The van der Waals surface area contributed by atoms with E-state index in [0.717, 1.165) is 18.7 Å². The molecule has 120 valence electrons. The Balaban J connectivity index is 1.91. The van der Waals surface area contributed by atoms with Gasteiger partial charge in [-0.15, -0.1) is 0 Å². The zero-order valence-electron chi connectivity index (χ0n) is 13.5. The number of anilines is 1. The standard InChI is InChI=1S/C17H20N4O2/c1-8-4-10(9(2)22)15-11(5-8)16(23)20(3)17(19-15)21-6-12-13(7-21)14(12)18/h4-5,12-14H,6-7,18H2,1-3H3/t12-,13+,14?. The molecule has 1 aromatic heterocycles. The van der Waals surface area contributed by atoms with Crippen LogP contribution >= 0.6 is 0 Å².